The lowest BCUT2D eigenvalue weighted by Gasteiger charge is -2.29. The largest absolute Gasteiger partial charge is 0.469 e. The van der Waals surface area contributed by atoms with E-state index in [9.17, 15) is 9.59 Å². The summed E-state index contributed by atoms with van der Waals surface area (Å²) in [6.07, 6.45) is 4.61. The van der Waals surface area contributed by atoms with E-state index in [1.807, 2.05) is 36.9 Å². The Balaban J connectivity index is 2.16. The number of methoxy groups -OCH3 is 1. The fraction of sp³-hybridized carbons (Fsp3) is 0.556. The third-order valence-corrected chi connectivity index (χ3v) is 4.56. The molecule has 1 aliphatic carbocycles. The summed E-state index contributed by atoms with van der Waals surface area (Å²) in [5, 5.41) is 0. The summed E-state index contributed by atoms with van der Waals surface area (Å²) in [5.74, 6) is -0.241. The summed E-state index contributed by atoms with van der Waals surface area (Å²) in [5.41, 5.74) is 3.00. The molecule has 0 bridgehead atoms. The summed E-state index contributed by atoms with van der Waals surface area (Å²) in [4.78, 5) is 26.2. The molecule has 0 unspecified atom stereocenters. The second-order valence-electron chi connectivity index (χ2n) is 6.06. The fourth-order valence-electron chi connectivity index (χ4n) is 3.02. The monoisotopic (exact) mass is 303 g/mol. The Kier molecular flexibility index (Phi) is 5.58. The average molecular weight is 303 g/mol. The number of carbonyl (C=O) groups excluding carboxylic acids is 2. The standard InChI is InChI=1S/C18H25NO3/c1-13-8-9-15(12-14(13)2)18(21)19(11-10-17(20)22-3)16-6-4-5-7-16/h8-9,12,16H,4-7,10-11H2,1-3H3. The Morgan fingerprint density at radius 3 is 2.45 bits per heavy atom. The summed E-state index contributed by atoms with van der Waals surface area (Å²) in [6, 6.07) is 6.05. The van der Waals surface area contributed by atoms with Crippen LogP contribution in [0.4, 0.5) is 0 Å². The van der Waals surface area contributed by atoms with Gasteiger partial charge in [0, 0.05) is 18.2 Å². The number of esters is 1. The molecule has 1 aliphatic rings. The van der Waals surface area contributed by atoms with E-state index in [2.05, 4.69) is 0 Å². The average Bonchev–Trinajstić information content (AvgIpc) is 3.03. The van der Waals surface area contributed by atoms with Gasteiger partial charge in [0.1, 0.15) is 0 Å². The van der Waals surface area contributed by atoms with Crippen LogP contribution in [0, 0.1) is 13.8 Å². The molecule has 1 fully saturated rings. The van der Waals surface area contributed by atoms with Gasteiger partial charge in [0.25, 0.3) is 5.91 Å². The van der Waals surface area contributed by atoms with Gasteiger partial charge < -0.3 is 9.64 Å². The molecule has 1 aromatic carbocycles. The Bertz CT molecular complexity index is 547. The maximum absolute atomic E-state index is 12.9. The van der Waals surface area contributed by atoms with Crippen molar-refractivity contribution < 1.29 is 14.3 Å². The minimum Gasteiger partial charge on any atom is -0.469 e. The quantitative estimate of drug-likeness (QED) is 0.784. The van der Waals surface area contributed by atoms with E-state index in [0.29, 0.717) is 12.1 Å². The molecule has 0 aromatic heterocycles. The molecule has 4 heteroatoms. The molecule has 0 heterocycles. The van der Waals surface area contributed by atoms with Crippen LogP contribution in [0.3, 0.4) is 0 Å². The second-order valence-corrected chi connectivity index (χ2v) is 6.06. The van der Waals surface area contributed by atoms with Crippen LogP contribution in [-0.4, -0.2) is 36.5 Å². The summed E-state index contributed by atoms with van der Waals surface area (Å²) in [6.45, 7) is 4.49. The zero-order valence-electron chi connectivity index (χ0n) is 13.7. The smallest absolute Gasteiger partial charge is 0.307 e. The Labute approximate surface area is 132 Å². The first-order valence-corrected chi connectivity index (χ1v) is 7.98. The highest BCUT2D eigenvalue weighted by molar-refractivity contribution is 5.95. The lowest BCUT2D eigenvalue weighted by Crippen LogP contribution is -2.40. The van der Waals surface area contributed by atoms with Crippen molar-refractivity contribution in [2.45, 2.75) is 52.0 Å². The van der Waals surface area contributed by atoms with Gasteiger partial charge in [0.2, 0.25) is 0 Å². The van der Waals surface area contributed by atoms with Crippen LogP contribution in [0.5, 0.6) is 0 Å². The predicted molar refractivity (Wildman–Crippen MR) is 85.8 cm³/mol. The first-order chi connectivity index (χ1) is 10.5. The summed E-state index contributed by atoms with van der Waals surface area (Å²) < 4.78 is 4.71. The maximum Gasteiger partial charge on any atom is 0.307 e. The zero-order chi connectivity index (χ0) is 16.1. The van der Waals surface area contributed by atoms with E-state index in [1.54, 1.807) is 0 Å². The van der Waals surface area contributed by atoms with Crippen molar-refractivity contribution in [3.8, 4) is 0 Å². The van der Waals surface area contributed by atoms with E-state index >= 15 is 0 Å². The summed E-state index contributed by atoms with van der Waals surface area (Å²) in [7, 11) is 1.38. The molecule has 1 aromatic rings. The Morgan fingerprint density at radius 2 is 1.86 bits per heavy atom. The van der Waals surface area contributed by atoms with Gasteiger partial charge in [-0.1, -0.05) is 18.9 Å². The van der Waals surface area contributed by atoms with Crippen molar-refractivity contribution in [3.63, 3.8) is 0 Å². The molecule has 1 saturated carbocycles. The Hall–Kier alpha value is -1.84. The van der Waals surface area contributed by atoms with Crippen LogP contribution in [0.1, 0.15) is 53.6 Å². The van der Waals surface area contributed by atoms with Gasteiger partial charge in [-0.25, -0.2) is 0 Å². The van der Waals surface area contributed by atoms with Crippen LogP contribution in [0.2, 0.25) is 0 Å². The topological polar surface area (TPSA) is 46.6 Å². The van der Waals surface area contributed by atoms with E-state index in [-0.39, 0.29) is 24.3 Å². The third-order valence-electron chi connectivity index (χ3n) is 4.56. The number of nitrogens with zero attached hydrogens (tertiary/aromatic N) is 1. The molecule has 0 N–H and O–H groups in total. The van der Waals surface area contributed by atoms with Crippen LogP contribution in [0.15, 0.2) is 18.2 Å². The van der Waals surface area contributed by atoms with E-state index in [4.69, 9.17) is 4.74 Å². The molecule has 2 rings (SSSR count). The number of carbonyl (C=O) groups is 2. The lowest BCUT2D eigenvalue weighted by atomic mass is 10.0. The van der Waals surface area contributed by atoms with Gasteiger partial charge in [-0.15, -0.1) is 0 Å². The normalized spacial score (nSPS) is 14.9. The molecule has 0 radical (unpaired) electrons. The molecule has 0 atom stereocenters. The SMILES string of the molecule is COC(=O)CCN(C(=O)c1ccc(C)c(C)c1)C1CCCC1. The van der Waals surface area contributed by atoms with Gasteiger partial charge in [-0.2, -0.15) is 0 Å². The van der Waals surface area contributed by atoms with Gasteiger partial charge in [0.05, 0.1) is 13.5 Å². The first-order valence-electron chi connectivity index (χ1n) is 7.98. The number of rotatable bonds is 5. The predicted octanol–water partition coefficient (Wildman–Crippen LogP) is 3.25. The van der Waals surface area contributed by atoms with Gasteiger partial charge in [0.15, 0.2) is 0 Å². The number of ether oxygens (including phenoxy) is 1. The third kappa shape index (κ3) is 3.87. The zero-order valence-corrected chi connectivity index (χ0v) is 13.7. The number of aryl methyl sites for hydroxylation is 2. The highest BCUT2D eigenvalue weighted by Crippen LogP contribution is 2.25. The highest BCUT2D eigenvalue weighted by Gasteiger charge is 2.28. The molecular formula is C18H25NO3. The van der Waals surface area contributed by atoms with Gasteiger partial charge >= 0.3 is 5.97 Å². The molecule has 22 heavy (non-hydrogen) atoms. The van der Waals surface area contributed by atoms with Crippen molar-refractivity contribution in [3.05, 3.63) is 34.9 Å². The minimum atomic E-state index is -0.268. The van der Waals surface area contributed by atoms with Crippen LogP contribution in [0.25, 0.3) is 0 Å². The maximum atomic E-state index is 12.9. The van der Waals surface area contributed by atoms with Crippen LogP contribution < -0.4 is 0 Å². The molecule has 0 saturated heterocycles. The van der Waals surface area contributed by atoms with Crippen molar-refractivity contribution in [1.29, 1.82) is 0 Å². The molecular weight excluding hydrogens is 278 g/mol. The molecule has 0 spiro atoms. The number of benzene rings is 1. The Morgan fingerprint density at radius 1 is 1.18 bits per heavy atom. The highest BCUT2D eigenvalue weighted by atomic mass is 16.5. The van der Waals surface area contributed by atoms with Gasteiger partial charge in [-0.05, 0) is 49.9 Å². The number of hydrogen-bond donors (Lipinski definition) is 0. The number of amides is 1. The van der Waals surface area contributed by atoms with E-state index in [1.165, 1.54) is 12.7 Å². The van der Waals surface area contributed by atoms with Crippen molar-refractivity contribution in [2.24, 2.45) is 0 Å². The molecule has 1 amide bonds. The number of hydrogen-bond acceptors (Lipinski definition) is 3. The van der Waals surface area contributed by atoms with E-state index < -0.39 is 0 Å². The molecule has 120 valence electrons. The van der Waals surface area contributed by atoms with Crippen LogP contribution >= 0.6 is 0 Å². The second kappa shape index (κ2) is 7.43. The van der Waals surface area contributed by atoms with Gasteiger partial charge in [-0.3, -0.25) is 9.59 Å². The summed E-state index contributed by atoms with van der Waals surface area (Å²) >= 11 is 0. The van der Waals surface area contributed by atoms with Crippen LogP contribution in [-0.2, 0) is 9.53 Å². The minimum absolute atomic E-state index is 0.0268. The fourth-order valence-corrected chi connectivity index (χ4v) is 3.02. The molecule has 0 aliphatic heterocycles. The van der Waals surface area contributed by atoms with Crippen molar-refractivity contribution in [2.75, 3.05) is 13.7 Å². The van der Waals surface area contributed by atoms with E-state index in [0.717, 1.165) is 31.2 Å². The molecule has 4 nitrogen and oxygen atoms in total. The van der Waals surface area contributed by atoms with Crippen molar-refractivity contribution in [1.82, 2.24) is 4.90 Å². The van der Waals surface area contributed by atoms with Crippen molar-refractivity contribution >= 4 is 11.9 Å². The first kappa shape index (κ1) is 16.5. The lowest BCUT2D eigenvalue weighted by molar-refractivity contribution is -0.140.